The maximum absolute atomic E-state index is 13.1. The first-order chi connectivity index (χ1) is 32.4. The number of carboxylic acid groups (broad SMARTS) is 1. The first-order valence-electron chi connectivity index (χ1n) is 23.6. The van der Waals surface area contributed by atoms with Crippen molar-refractivity contribution < 1.29 is 48.0 Å². The highest BCUT2D eigenvalue weighted by molar-refractivity contribution is 5.95. The molecular weight excluding hydrogens is 849 g/mol. The van der Waals surface area contributed by atoms with Crippen molar-refractivity contribution in [2.45, 2.75) is 111 Å². The molecular formula is C55H64N2O10. The normalized spacial score (nSPS) is 11.6. The van der Waals surface area contributed by atoms with E-state index >= 15 is 0 Å². The van der Waals surface area contributed by atoms with Crippen LogP contribution in [0.1, 0.15) is 153 Å². The molecule has 5 aromatic rings. The number of benzene rings is 5. The molecule has 0 radical (unpaired) electrons. The number of azo groups is 1. The van der Waals surface area contributed by atoms with E-state index in [0.29, 0.717) is 47.7 Å². The Balaban J connectivity index is 1.06. The number of unbranched alkanes of at least 4 members (excludes halogenated alkanes) is 9. The summed E-state index contributed by atoms with van der Waals surface area (Å²) >= 11 is 0. The predicted molar refractivity (Wildman–Crippen MR) is 259 cm³/mol. The van der Waals surface area contributed by atoms with Crippen LogP contribution in [0.4, 0.5) is 11.4 Å². The van der Waals surface area contributed by atoms with Crippen molar-refractivity contribution >= 4 is 35.3 Å². The molecule has 1 N–H and O–H groups in total. The molecule has 0 saturated heterocycles. The summed E-state index contributed by atoms with van der Waals surface area (Å²) in [5.74, 6) is -1.01. The van der Waals surface area contributed by atoms with Gasteiger partial charge in [-0.3, -0.25) is 0 Å². The molecule has 67 heavy (non-hydrogen) atoms. The molecule has 1 unspecified atom stereocenters. The number of hydrogen-bond donors (Lipinski definition) is 1. The van der Waals surface area contributed by atoms with Gasteiger partial charge in [-0.1, -0.05) is 98.3 Å². The number of esters is 3. The molecule has 12 nitrogen and oxygen atoms in total. The number of rotatable bonds is 28. The van der Waals surface area contributed by atoms with Crippen LogP contribution in [0.15, 0.2) is 125 Å². The molecule has 0 bridgehead atoms. The Kier molecular flexibility index (Phi) is 21.1. The topological polar surface area (TPSA) is 159 Å². The minimum absolute atomic E-state index is 0.0965. The van der Waals surface area contributed by atoms with Gasteiger partial charge in [0.15, 0.2) is 0 Å². The molecule has 0 fully saturated rings. The zero-order chi connectivity index (χ0) is 47.8. The summed E-state index contributed by atoms with van der Waals surface area (Å²) in [6, 6.07) is 29.5. The smallest absolute Gasteiger partial charge is 0.343 e. The lowest BCUT2D eigenvalue weighted by atomic mass is 10.0. The maximum atomic E-state index is 13.1. The predicted octanol–water partition coefficient (Wildman–Crippen LogP) is 14.6. The van der Waals surface area contributed by atoms with Gasteiger partial charge in [0.05, 0.1) is 46.8 Å². The van der Waals surface area contributed by atoms with E-state index in [1.165, 1.54) is 107 Å². The molecule has 0 heterocycles. The van der Waals surface area contributed by atoms with Crippen molar-refractivity contribution in [3.63, 3.8) is 0 Å². The molecule has 0 aliphatic rings. The monoisotopic (exact) mass is 912 g/mol. The van der Waals surface area contributed by atoms with E-state index in [9.17, 15) is 24.3 Å². The summed E-state index contributed by atoms with van der Waals surface area (Å²) in [6.07, 6.45) is 16.0. The Bertz CT molecular complexity index is 2340. The fraction of sp³-hybridized carbons (Fsp3) is 0.382. The van der Waals surface area contributed by atoms with Gasteiger partial charge in [0.1, 0.15) is 28.7 Å². The lowest BCUT2D eigenvalue weighted by molar-refractivity contribution is 0.0679. The zero-order valence-electron chi connectivity index (χ0n) is 39.2. The second kappa shape index (κ2) is 27.6. The van der Waals surface area contributed by atoms with Gasteiger partial charge in [0.2, 0.25) is 0 Å². The first-order valence-corrected chi connectivity index (χ1v) is 23.6. The SMILES string of the molecule is CCCCCCCCCCCCOc1ccc(C(=O)Oc2ccc(C(=O)Oc3cc(OC(=O)c4ccc(N=Nc5ccc(OCC(C)CCCC(C)C)cc5)cc4)cc(C(=O)O)c3)cc2)cc1. The molecule has 12 heteroatoms. The van der Waals surface area contributed by atoms with Crippen LogP contribution >= 0.6 is 0 Å². The average molecular weight is 913 g/mol. The maximum Gasteiger partial charge on any atom is 0.343 e. The van der Waals surface area contributed by atoms with E-state index in [-0.39, 0.29) is 33.9 Å². The van der Waals surface area contributed by atoms with Crippen molar-refractivity contribution in [3.05, 3.63) is 138 Å². The summed E-state index contributed by atoms with van der Waals surface area (Å²) in [5.41, 5.74) is 1.45. The minimum Gasteiger partial charge on any atom is -0.494 e. The molecule has 0 aliphatic heterocycles. The number of ether oxygens (including phenoxy) is 5. The standard InChI is InChI=1S/C55H64N2O10/c1-5-6-7-8-9-10-11-12-13-14-34-63-47-28-20-42(21-29-47)53(60)65-49-30-22-43(23-31-49)55(62)67-51-36-44(52(58)59)35-50(37-51)66-54(61)41-18-24-45(25-19-41)56-57-46-26-32-48(33-27-46)64-38-40(4)17-15-16-39(2)3/h18-33,35-37,39-40H,5-17,34,38H2,1-4H3,(H,58,59). The number of nitrogens with zero attached hydrogens (tertiary/aromatic N) is 2. The Morgan fingerprint density at radius 2 is 0.881 bits per heavy atom. The summed E-state index contributed by atoms with van der Waals surface area (Å²) in [4.78, 5) is 51.0. The van der Waals surface area contributed by atoms with Crippen LogP contribution < -0.4 is 23.7 Å². The van der Waals surface area contributed by atoms with E-state index in [4.69, 9.17) is 23.7 Å². The Labute approximate surface area is 394 Å². The molecule has 0 amide bonds. The molecule has 0 aliphatic carbocycles. The van der Waals surface area contributed by atoms with Gasteiger partial charge in [-0.2, -0.15) is 10.2 Å². The van der Waals surface area contributed by atoms with Crippen molar-refractivity contribution in [1.29, 1.82) is 0 Å². The van der Waals surface area contributed by atoms with Crippen LogP contribution in [0.5, 0.6) is 28.7 Å². The minimum atomic E-state index is -1.33. The highest BCUT2D eigenvalue weighted by atomic mass is 16.5. The second-order valence-electron chi connectivity index (χ2n) is 17.2. The number of carbonyl (C=O) groups is 4. The molecule has 1 atom stereocenters. The number of aromatic carboxylic acids is 1. The summed E-state index contributed by atoms with van der Waals surface area (Å²) in [5, 5.41) is 18.3. The van der Waals surface area contributed by atoms with Crippen molar-refractivity contribution in [3.8, 4) is 28.7 Å². The number of carbonyl (C=O) groups excluding carboxylic acids is 3. The fourth-order valence-electron chi connectivity index (χ4n) is 7.02. The van der Waals surface area contributed by atoms with E-state index in [1.54, 1.807) is 36.4 Å². The van der Waals surface area contributed by atoms with Gasteiger partial charge in [-0.15, -0.1) is 0 Å². The van der Waals surface area contributed by atoms with Gasteiger partial charge in [0, 0.05) is 6.07 Å². The van der Waals surface area contributed by atoms with Crippen molar-refractivity contribution in [2.24, 2.45) is 22.1 Å². The molecule has 354 valence electrons. The third kappa shape index (κ3) is 18.5. The molecule has 0 aromatic heterocycles. The van der Waals surface area contributed by atoms with E-state index in [1.807, 2.05) is 24.3 Å². The van der Waals surface area contributed by atoms with Gasteiger partial charge < -0.3 is 28.8 Å². The van der Waals surface area contributed by atoms with Gasteiger partial charge in [-0.05, 0) is 134 Å². The Hall–Kier alpha value is -6.82. The third-order valence-electron chi connectivity index (χ3n) is 10.9. The summed E-state index contributed by atoms with van der Waals surface area (Å²) in [7, 11) is 0. The van der Waals surface area contributed by atoms with Crippen LogP contribution in [-0.4, -0.2) is 42.2 Å². The zero-order valence-corrected chi connectivity index (χ0v) is 39.2. The molecule has 0 saturated carbocycles. The summed E-state index contributed by atoms with van der Waals surface area (Å²) < 4.78 is 28.3. The van der Waals surface area contributed by atoms with E-state index in [2.05, 4.69) is 37.9 Å². The van der Waals surface area contributed by atoms with Gasteiger partial charge >= 0.3 is 23.9 Å². The van der Waals surface area contributed by atoms with E-state index < -0.39 is 23.9 Å². The van der Waals surface area contributed by atoms with E-state index in [0.717, 1.165) is 37.1 Å². The van der Waals surface area contributed by atoms with Gasteiger partial charge in [-0.25, -0.2) is 19.2 Å². The highest BCUT2D eigenvalue weighted by Crippen LogP contribution is 2.27. The fourth-order valence-corrected chi connectivity index (χ4v) is 7.02. The number of carboxylic acids is 1. The third-order valence-corrected chi connectivity index (χ3v) is 10.9. The van der Waals surface area contributed by atoms with Gasteiger partial charge in [0.25, 0.3) is 0 Å². The Morgan fingerprint density at radius 1 is 0.463 bits per heavy atom. The Morgan fingerprint density at radius 3 is 1.37 bits per heavy atom. The van der Waals surface area contributed by atoms with Crippen LogP contribution in [0.3, 0.4) is 0 Å². The number of hydrogen-bond acceptors (Lipinski definition) is 11. The average Bonchev–Trinajstić information content (AvgIpc) is 3.32. The first kappa shape index (κ1) is 51.2. The van der Waals surface area contributed by atoms with Crippen LogP contribution in [0.25, 0.3) is 0 Å². The van der Waals surface area contributed by atoms with Crippen LogP contribution in [-0.2, 0) is 0 Å². The summed E-state index contributed by atoms with van der Waals surface area (Å²) in [6.45, 7) is 10.2. The lowest BCUT2D eigenvalue weighted by Crippen LogP contribution is -2.12. The molecule has 0 spiro atoms. The van der Waals surface area contributed by atoms with Crippen molar-refractivity contribution in [2.75, 3.05) is 13.2 Å². The highest BCUT2D eigenvalue weighted by Gasteiger charge is 2.17. The van der Waals surface area contributed by atoms with Crippen LogP contribution in [0, 0.1) is 11.8 Å². The molecule has 5 rings (SSSR count). The van der Waals surface area contributed by atoms with Crippen molar-refractivity contribution in [1.82, 2.24) is 0 Å². The van der Waals surface area contributed by atoms with Crippen LogP contribution in [0.2, 0.25) is 0 Å². The largest absolute Gasteiger partial charge is 0.494 e. The molecule has 5 aromatic carbocycles. The second-order valence-corrected chi connectivity index (χ2v) is 17.2. The lowest BCUT2D eigenvalue weighted by Gasteiger charge is -2.13. The quantitative estimate of drug-likeness (QED) is 0.0221.